The van der Waals surface area contributed by atoms with Crippen LogP contribution < -0.4 is 4.74 Å². The number of rotatable bonds is 6. The average Bonchev–Trinajstić information content (AvgIpc) is 2.52. The third kappa shape index (κ3) is 4.17. The van der Waals surface area contributed by atoms with E-state index in [0.717, 1.165) is 16.9 Å². The molecule has 0 aliphatic carbocycles. The number of hydrogen-bond donors (Lipinski definition) is 0. The van der Waals surface area contributed by atoms with Crippen LogP contribution in [0.15, 0.2) is 40.8 Å². The molecule has 2 aromatic carbocycles. The maximum Gasteiger partial charge on any atom is 0.119 e. The fourth-order valence-electron chi connectivity index (χ4n) is 1.95. The zero-order valence-electron chi connectivity index (χ0n) is 11.6. The van der Waals surface area contributed by atoms with E-state index in [1.165, 1.54) is 0 Å². The molecule has 0 atom stereocenters. The summed E-state index contributed by atoms with van der Waals surface area (Å²) in [5.41, 5.74) is 2.18. The normalized spacial score (nSPS) is 10.0. The Bertz CT molecular complexity index is 688. The molecule has 0 amide bonds. The van der Waals surface area contributed by atoms with Crippen molar-refractivity contribution in [3.8, 4) is 22.9 Å². The molecular formula is C16H12Cl2N2OS. The van der Waals surface area contributed by atoms with Crippen molar-refractivity contribution in [1.29, 1.82) is 5.26 Å². The lowest BCUT2D eigenvalue weighted by Gasteiger charge is -2.10. The van der Waals surface area contributed by atoms with Crippen LogP contribution in [-0.2, 0) is 12.4 Å². The molecule has 0 heterocycles. The molecule has 112 valence electrons. The van der Waals surface area contributed by atoms with Crippen LogP contribution in [0.3, 0.4) is 0 Å². The summed E-state index contributed by atoms with van der Waals surface area (Å²) in [7, 11) is 0. The van der Waals surface area contributed by atoms with Gasteiger partial charge in [0.1, 0.15) is 5.75 Å². The topological polar surface area (TPSA) is 45.4 Å². The second-order valence-corrected chi connectivity index (χ2v) is 5.51. The Hall–Kier alpha value is -1.67. The van der Waals surface area contributed by atoms with Gasteiger partial charge >= 0.3 is 0 Å². The molecule has 22 heavy (non-hydrogen) atoms. The fourth-order valence-corrected chi connectivity index (χ4v) is 2.75. The first-order chi connectivity index (χ1) is 10.7. The summed E-state index contributed by atoms with van der Waals surface area (Å²) in [5.74, 6) is 0.742. The number of unbranched alkanes of at least 4 members (excludes halogenated alkanes) is 1. The van der Waals surface area contributed by atoms with E-state index in [0.29, 0.717) is 35.2 Å². The molecule has 0 saturated carbocycles. The predicted molar refractivity (Wildman–Crippen MR) is 91.7 cm³/mol. The van der Waals surface area contributed by atoms with Gasteiger partial charge in [-0.15, -0.1) is 0 Å². The first-order valence-corrected chi connectivity index (χ1v) is 7.70. The highest BCUT2D eigenvalue weighted by molar-refractivity contribution is 7.47. The third-order valence-electron chi connectivity index (χ3n) is 2.98. The number of ether oxygens (including phenoxy) is 1. The Morgan fingerprint density at radius 1 is 1.14 bits per heavy atom. The second-order valence-electron chi connectivity index (χ2n) is 4.51. The summed E-state index contributed by atoms with van der Waals surface area (Å²) in [4.78, 5) is 0. The van der Waals surface area contributed by atoms with Crippen molar-refractivity contribution in [1.82, 2.24) is 0 Å². The first kappa shape index (κ1) is 16.7. The van der Waals surface area contributed by atoms with E-state index in [9.17, 15) is 0 Å². The second kappa shape index (κ2) is 8.09. The Labute approximate surface area is 144 Å². The Morgan fingerprint density at radius 2 is 1.77 bits per heavy atom. The lowest BCUT2D eigenvalue weighted by Crippen LogP contribution is -1.96. The van der Waals surface area contributed by atoms with Crippen LogP contribution in [0.4, 0.5) is 5.69 Å². The van der Waals surface area contributed by atoms with Crippen LogP contribution in [0.2, 0.25) is 10.0 Å². The lowest BCUT2D eigenvalue weighted by molar-refractivity contribution is 0.313. The third-order valence-corrected chi connectivity index (χ3v) is 3.78. The molecule has 0 aliphatic heterocycles. The van der Waals surface area contributed by atoms with E-state index < -0.39 is 0 Å². The number of hydrogen-bond acceptors (Lipinski definition) is 4. The van der Waals surface area contributed by atoms with Crippen LogP contribution in [0.1, 0.15) is 12.8 Å². The molecule has 0 saturated heterocycles. The number of nitriles is 1. The van der Waals surface area contributed by atoms with Crippen LogP contribution >= 0.6 is 23.2 Å². The minimum Gasteiger partial charge on any atom is -0.494 e. The Balaban J connectivity index is 2.17. The van der Waals surface area contributed by atoms with Crippen molar-refractivity contribution in [3.05, 3.63) is 46.4 Å². The van der Waals surface area contributed by atoms with Gasteiger partial charge in [-0.25, -0.2) is 0 Å². The van der Waals surface area contributed by atoms with Crippen LogP contribution in [0.5, 0.6) is 5.75 Å². The summed E-state index contributed by atoms with van der Waals surface area (Å²) in [6.45, 7) is 0.517. The molecule has 0 N–H and O–H groups in total. The Kier molecular flexibility index (Phi) is 6.14. The minimum absolute atomic E-state index is 0.490. The molecule has 0 bridgehead atoms. The van der Waals surface area contributed by atoms with E-state index in [1.807, 2.05) is 24.3 Å². The van der Waals surface area contributed by atoms with Gasteiger partial charge in [0.05, 0.1) is 28.4 Å². The SMILES string of the molecule is N#CCCCOc1ccc(-c2c(Cl)cc(N=S)cc2Cl)cc1. The molecular weight excluding hydrogens is 339 g/mol. The molecule has 6 heteroatoms. The van der Waals surface area contributed by atoms with Gasteiger partial charge in [0.25, 0.3) is 0 Å². The van der Waals surface area contributed by atoms with E-state index in [1.54, 1.807) is 12.1 Å². The molecule has 3 nitrogen and oxygen atoms in total. The Morgan fingerprint density at radius 3 is 2.32 bits per heavy atom. The predicted octanol–water partition coefficient (Wildman–Crippen LogP) is 5.70. The number of halogens is 2. The number of nitrogens with zero attached hydrogens (tertiary/aromatic N) is 2. The van der Waals surface area contributed by atoms with Crippen molar-refractivity contribution in [2.24, 2.45) is 4.36 Å². The smallest absolute Gasteiger partial charge is 0.119 e. The van der Waals surface area contributed by atoms with Gasteiger partial charge in [-0.2, -0.15) is 9.62 Å². The van der Waals surface area contributed by atoms with Crippen molar-refractivity contribution >= 4 is 41.3 Å². The minimum atomic E-state index is 0.490. The zero-order chi connectivity index (χ0) is 15.9. The molecule has 0 spiro atoms. The molecule has 0 fully saturated rings. The largest absolute Gasteiger partial charge is 0.494 e. The summed E-state index contributed by atoms with van der Waals surface area (Å²) < 4.78 is 9.21. The lowest BCUT2D eigenvalue weighted by atomic mass is 10.0. The van der Waals surface area contributed by atoms with Gasteiger partial charge in [0, 0.05) is 24.4 Å². The molecule has 0 unspecified atom stereocenters. The van der Waals surface area contributed by atoms with Crippen molar-refractivity contribution in [2.45, 2.75) is 12.8 Å². The van der Waals surface area contributed by atoms with Crippen LogP contribution in [0, 0.1) is 11.3 Å². The maximum absolute atomic E-state index is 8.47. The summed E-state index contributed by atoms with van der Waals surface area (Å²) in [6.07, 6.45) is 1.20. The van der Waals surface area contributed by atoms with Gasteiger partial charge in [-0.05, 0) is 36.2 Å². The van der Waals surface area contributed by atoms with Gasteiger partial charge in [-0.3, -0.25) is 0 Å². The van der Waals surface area contributed by atoms with E-state index in [4.69, 9.17) is 33.2 Å². The van der Waals surface area contributed by atoms with Crippen LogP contribution in [0.25, 0.3) is 11.1 Å². The monoisotopic (exact) mass is 350 g/mol. The summed E-state index contributed by atoms with van der Waals surface area (Å²) in [5, 5.41) is 9.47. The molecule has 0 radical (unpaired) electrons. The fraction of sp³-hybridized carbons (Fsp3) is 0.188. The van der Waals surface area contributed by atoms with Crippen LogP contribution in [-0.4, -0.2) is 6.61 Å². The molecule has 0 aliphatic rings. The maximum atomic E-state index is 8.47. The highest BCUT2D eigenvalue weighted by atomic mass is 35.5. The van der Waals surface area contributed by atoms with Gasteiger partial charge in [0.15, 0.2) is 0 Å². The molecule has 0 aromatic heterocycles. The zero-order valence-corrected chi connectivity index (χ0v) is 13.9. The van der Waals surface area contributed by atoms with Gasteiger partial charge in [-0.1, -0.05) is 35.3 Å². The number of benzene rings is 2. The summed E-state index contributed by atoms with van der Waals surface area (Å²) in [6, 6.07) is 12.9. The van der Waals surface area contributed by atoms with Crippen molar-refractivity contribution in [3.63, 3.8) is 0 Å². The van der Waals surface area contributed by atoms with E-state index in [2.05, 4.69) is 22.9 Å². The molecule has 2 aromatic rings. The highest BCUT2D eigenvalue weighted by Gasteiger charge is 2.10. The van der Waals surface area contributed by atoms with E-state index in [-0.39, 0.29) is 0 Å². The van der Waals surface area contributed by atoms with Crippen molar-refractivity contribution in [2.75, 3.05) is 6.61 Å². The van der Waals surface area contributed by atoms with Gasteiger partial charge in [0.2, 0.25) is 0 Å². The average molecular weight is 351 g/mol. The highest BCUT2D eigenvalue weighted by Crippen LogP contribution is 2.38. The first-order valence-electron chi connectivity index (χ1n) is 6.58. The van der Waals surface area contributed by atoms with Crippen molar-refractivity contribution < 1.29 is 4.74 Å². The standard InChI is InChI=1S/C16H12Cl2N2OS/c17-14-9-12(20-22)10-15(18)16(14)11-3-5-13(6-4-11)21-8-2-1-7-19/h3-6,9-10H,1-2,8H2. The van der Waals surface area contributed by atoms with E-state index >= 15 is 0 Å². The summed E-state index contributed by atoms with van der Waals surface area (Å²) >= 11 is 17.2. The molecule has 2 rings (SSSR count). The van der Waals surface area contributed by atoms with Gasteiger partial charge < -0.3 is 4.74 Å². The quantitative estimate of drug-likeness (QED) is 0.627.